The average Bonchev–Trinajstić information content (AvgIpc) is 2.40. The molecule has 1 aliphatic rings. The van der Waals surface area contributed by atoms with Crippen LogP contribution < -0.4 is 0 Å². The molecule has 2 atom stereocenters. The average molecular weight is 265 g/mol. The van der Waals surface area contributed by atoms with Crippen LogP contribution in [0.5, 0.6) is 0 Å². The van der Waals surface area contributed by atoms with Gasteiger partial charge in [-0.3, -0.25) is 0 Å². The van der Waals surface area contributed by atoms with Gasteiger partial charge in [-0.2, -0.15) is 11.8 Å². The van der Waals surface area contributed by atoms with Crippen molar-refractivity contribution in [1.82, 2.24) is 4.90 Å². The minimum Gasteiger partial charge on any atom is -0.393 e. The lowest BCUT2D eigenvalue weighted by Crippen LogP contribution is -2.42. The summed E-state index contributed by atoms with van der Waals surface area (Å²) >= 11 is 2.00. The van der Waals surface area contributed by atoms with Crippen LogP contribution in [0.15, 0.2) is 30.3 Å². The summed E-state index contributed by atoms with van der Waals surface area (Å²) in [6.07, 6.45) is 0.850. The predicted octanol–water partition coefficient (Wildman–Crippen LogP) is 2.62. The van der Waals surface area contributed by atoms with Gasteiger partial charge < -0.3 is 10.0 Å². The molecule has 2 rings (SSSR count). The highest BCUT2D eigenvalue weighted by Gasteiger charge is 2.23. The minimum absolute atomic E-state index is 0.0850. The lowest BCUT2D eigenvalue weighted by molar-refractivity contribution is 0.0377. The van der Waals surface area contributed by atoms with Gasteiger partial charge >= 0.3 is 0 Å². The molecule has 1 aliphatic heterocycles. The first-order valence-electron chi connectivity index (χ1n) is 6.78. The molecule has 0 aliphatic carbocycles. The standard InChI is InChI=1S/C15H23NOS/c1-13-11-16(8-7-15(13)17)9-10-18-12-14-5-3-2-4-6-14/h2-6,13,15,17H,7-12H2,1H3. The second kappa shape index (κ2) is 7.17. The second-order valence-electron chi connectivity index (χ2n) is 5.17. The van der Waals surface area contributed by atoms with Crippen LogP contribution in [-0.4, -0.2) is 41.5 Å². The molecule has 2 nitrogen and oxygen atoms in total. The molecule has 0 amide bonds. The fourth-order valence-corrected chi connectivity index (χ4v) is 3.34. The number of nitrogens with zero attached hydrogens (tertiary/aromatic N) is 1. The largest absolute Gasteiger partial charge is 0.393 e. The van der Waals surface area contributed by atoms with E-state index in [4.69, 9.17) is 0 Å². The van der Waals surface area contributed by atoms with E-state index >= 15 is 0 Å². The highest BCUT2D eigenvalue weighted by Crippen LogP contribution is 2.18. The molecule has 1 aromatic carbocycles. The molecule has 0 saturated carbocycles. The van der Waals surface area contributed by atoms with Gasteiger partial charge in [0.1, 0.15) is 0 Å². The Bertz CT molecular complexity index is 344. The van der Waals surface area contributed by atoms with E-state index in [1.165, 1.54) is 11.3 Å². The summed E-state index contributed by atoms with van der Waals surface area (Å²) in [5.41, 5.74) is 1.41. The third-order valence-electron chi connectivity index (χ3n) is 3.61. The van der Waals surface area contributed by atoms with Gasteiger partial charge in [-0.05, 0) is 17.9 Å². The number of thioether (sulfide) groups is 1. The summed E-state index contributed by atoms with van der Waals surface area (Å²) in [6, 6.07) is 10.6. The fraction of sp³-hybridized carbons (Fsp3) is 0.600. The number of benzene rings is 1. The van der Waals surface area contributed by atoms with Crippen LogP contribution in [0.1, 0.15) is 18.9 Å². The van der Waals surface area contributed by atoms with Gasteiger partial charge in [0.25, 0.3) is 0 Å². The summed E-state index contributed by atoms with van der Waals surface area (Å²) in [4.78, 5) is 2.48. The van der Waals surface area contributed by atoms with E-state index in [1.54, 1.807) is 0 Å². The van der Waals surface area contributed by atoms with Crippen LogP contribution in [0, 0.1) is 5.92 Å². The number of hydrogen-bond acceptors (Lipinski definition) is 3. The summed E-state index contributed by atoms with van der Waals surface area (Å²) in [5.74, 6) is 2.71. The van der Waals surface area contributed by atoms with Gasteiger partial charge in [0.15, 0.2) is 0 Å². The molecule has 1 heterocycles. The summed E-state index contributed by atoms with van der Waals surface area (Å²) in [6.45, 7) is 5.40. The molecule has 0 spiro atoms. The number of hydrogen-bond donors (Lipinski definition) is 1. The Kier molecular flexibility index (Phi) is 5.54. The number of aliphatic hydroxyl groups is 1. The van der Waals surface area contributed by atoms with Gasteiger partial charge in [0.2, 0.25) is 0 Å². The lowest BCUT2D eigenvalue weighted by Gasteiger charge is -2.34. The zero-order chi connectivity index (χ0) is 12.8. The van der Waals surface area contributed by atoms with Crippen molar-refractivity contribution in [2.75, 3.05) is 25.4 Å². The van der Waals surface area contributed by atoms with Gasteiger partial charge in [-0.1, -0.05) is 37.3 Å². The first-order valence-corrected chi connectivity index (χ1v) is 7.93. The van der Waals surface area contributed by atoms with Crippen molar-refractivity contribution in [3.8, 4) is 0 Å². The van der Waals surface area contributed by atoms with Crippen molar-refractivity contribution >= 4 is 11.8 Å². The molecule has 0 radical (unpaired) electrons. The topological polar surface area (TPSA) is 23.5 Å². The molecule has 2 unspecified atom stereocenters. The highest BCUT2D eigenvalue weighted by atomic mass is 32.2. The normalized spacial score (nSPS) is 25.2. The molecule has 0 aromatic heterocycles. The molecule has 1 aromatic rings. The Morgan fingerprint density at radius 1 is 1.33 bits per heavy atom. The molecule has 0 bridgehead atoms. The zero-order valence-corrected chi connectivity index (χ0v) is 11.9. The Morgan fingerprint density at radius 3 is 2.83 bits per heavy atom. The van der Waals surface area contributed by atoms with Crippen LogP contribution >= 0.6 is 11.8 Å². The SMILES string of the molecule is CC1CN(CCSCc2ccccc2)CCC1O. The van der Waals surface area contributed by atoms with E-state index in [9.17, 15) is 5.11 Å². The Hall–Kier alpha value is -0.510. The Labute approximate surface area is 114 Å². The maximum absolute atomic E-state index is 9.68. The monoisotopic (exact) mass is 265 g/mol. The van der Waals surface area contributed by atoms with Crippen LogP contribution in [0.3, 0.4) is 0 Å². The summed E-state index contributed by atoms with van der Waals surface area (Å²) in [5, 5.41) is 9.68. The molecule has 100 valence electrons. The van der Waals surface area contributed by atoms with E-state index in [2.05, 4.69) is 42.2 Å². The minimum atomic E-state index is -0.0850. The van der Waals surface area contributed by atoms with Gasteiger partial charge in [-0.25, -0.2) is 0 Å². The third-order valence-corrected chi connectivity index (χ3v) is 4.62. The van der Waals surface area contributed by atoms with E-state index in [-0.39, 0.29) is 6.10 Å². The summed E-state index contributed by atoms with van der Waals surface area (Å²) < 4.78 is 0. The van der Waals surface area contributed by atoms with Crippen molar-refractivity contribution in [3.63, 3.8) is 0 Å². The fourth-order valence-electron chi connectivity index (χ4n) is 2.38. The van der Waals surface area contributed by atoms with E-state index < -0.39 is 0 Å². The van der Waals surface area contributed by atoms with Crippen LogP contribution in [-0.2, 0) is 5.75 Å². The molecule has 1 saturated heterocycles. The molecule has 18 heavy (non-hydrogen) atoms. The first-order chi connectivity index (χ1) is 8.75. The maximum Gasteiger partial charge on any atom is 0.0590 e. The van der Waals surface area contributed by atoms with E-state index in [0.29, 0.717) is 5.92 Å². The molecular formula is C15H23NOS. The van der Waals surface area contributed by atoms with Crippen molar-refractivity contribution in [2.45, 2.75) is 25.2 Å². The van der Waals surface area contributed by atoms with Crippen molar-refractivity contribution in [3.05, 3.63) is 35.9 Å². The maximum atomic E-state index is 9.68. The Morgan fingerprint density at radius 2 is 2.11 bits per heavy atom. The second-order valence-corrected chi connectivity index (χ2v) is 6.28. The van der Waals surface area contributed by atoms with E-state index in [1.807, 2.05) is 11.8 Å². The van der Waals surface area contributed by atoms with Crippen molar-refractivity contribution < 1.29 is 5.11 Å². The van der Waals surface area contributed by atoms with E-state index in [0.717, 1.165) is 31.8 Å². The number of rotatable bonds is 5. The molecule has 1 fully saturated rings. The van der Waals surface area contributed by atoms with Crippen LogP contribution in [0.4, 0.5) is 0 Å². The van der Waals surface area contributed by atoms with Gasteiger partial charge in [0.05, 0.1) is 6.10 Å². The first kappa shape index (κ1) is 13.9. The Balaban J connectivity index is 1.61. The van der Waals surface area contributed by atoms with Gasteiger partial charge in [-0.15, -0.1) is 0 Å². The van der Waals surface area contributed by atoms with Crippen LogP contribution in [0.25, 0.3) is 0 Å². The highest BCUT2D eigenvalue weighted by molar-refractivity contribution is 7.98. The number of aliphatic hydroxyl groups excluding tert-OH is 1. The van der Waals surface area contributed by atoms with Gasteiger partial charge in [0, 0.05) is 31.1 Å². The lowest BCUT2D eigenvalue weighted by atomic mass is 9.97. The number of likely N-dealkylation sites (tertiary alicyclic amines) is 1. The van der Waals surface area contributed by atoms with Crippen LogP contribution in [0.2, 0.25) is 0 Å². The molecular weight excluding hydrogens is 242 g/mol. The quantitative estimate of drug-likeness (QED) is 0.828. The van der Waals surface area contributed by atoms with Crippen molar-refractivity contribution in [2.24, 2.45) is 5.92 Å². The predicted molar refractivity (Wildman–Crippen MR) is 78.8 cm³/mol. The molecule has 3 heteroatoms. The number of piperidine rings is 1. The zero-order valence-electron chi connectivity index (χ0n) is 11.1. The summed E-state index contributed by atoms with van der Waals surface area (Å²) in [7, 11) is 0. The smallest absolute Gasteiger partial charge is 0.0590 e. The third kappa shape index (κ3) is 4.30. The molecule has 1 N–H and O–H groups in total. The van der Waals surface area contributed by atoms with Crippen molar-refractivity contribution in [1.29, 1.82) is 0 Å².